The monoisotopic (exact) mass is 282 g/mol. The first kappa shape index (κ1) is 15.3. The molecule has 0 saturated carbocycles. The van der Waals surface area contributed by atoms with E-state index in [-0.39, 0.29) is 5.91 Å². The number of amides is 1. The van der Waals surface area contributed by atoms with Gasteiger partial charge in [-0.05, 0) is 52.6 Å². The van der Waals surface area contributed by atoms with Gasteiger partial charge in [0.2, 0.25) is 5.91 Å². The third-order valence-electron chi connectivity index (χ3n) is 4.97. The Labute approximate surface area is 120 Å². The lowest BCUT2D eigenvalue weighted by Crippen LogP contribution is -2.46. The summed E-state index contributed by atoms with van der Waals surface area (Å²) in [5.41, 5.74) is -0.655. The molecule has 2 saturated heterocycles. The van der Waals surface area contributed by atoms with Crippen molar-refractivity contribution < 1.29 is 14.7 Å². The van der Waals surface area contributed by atoms with E-state index in [1.807, 2.05) is 4.90 Å². The Balaban J connectivity index is 1.81. The van der Waals surface area contributed by atoms with Crippen LogP contribution >= 0.6 is 0 Å². The van der Waals surface area contributed by atoms with Gasteiger partial charge in [0.25, 0.3) is 0 Å². The molecule has 5 nitrogen and oxygen atoms in total. The summed E-state index contributed by atoms with van der Waals surface area (Å²) in [5.74, 6) is -0.563. The van der Waals surface area contributed by atoms with Crippen molar-refractivity contribution in [3.05, 3.63) is 0 Å². The molecule has 0 aromatic heterocycles. The van der Waals surface area contributed by atoms with E-state index in [9.17, 15) is 14.7 Å². The number of hydrogen-bond donors (Lipinski definition) is 1. The van der Waals surface area contributed by atoms with E-state index in [1.165, 1.54) is 12.8 Å². The summed E-state index contributed by atoms with van der Waals surface area (Å²) >= 11 is 0. The lowest BCUT2D eigenvalue weighted by molar-refractivity contribution is -0.153. The molecule has 5 heteroatoms. The molecule has 2 fully saturated rings. The van der Waals surface area contributed by atoms with Crippen LogP contribution in [0.2, 0.25) is 0 Å². The number of hydrogen-bond acceptors (Lipinski definition) is 3. The quantitative estimate of drug-likeness (QED) is 0.850. The molecular weight excluding hydrogens is 256 g/mol. The smallest absolute Gasteiger partial charge is 0.309 e. The van der Waals surface area contributed by atoms with Crippen molar-refractivity contribution in [2.45, 2.75) is 52.0 Å². The molecule has 1 N–H and O–H groups in total. The fourth-order valence-electron chi connectivity index (χ4n) is 3.16. The van der Waals surface area contributed by atoms with E-state index in [2.05, 4.69) is 11.8 Å². The Bertz CT molecular complexity index is 369. The van der Waals surface area contributed by atoms with Crippen molar-refractivity contribution in [2.24, 2.45) is 5.41 Å². The van der Waals surface area contributed by atoms with Crippen LogP contribution in [-0.4, -0.2) is 59.0 Å². The summed E-state index contributed by atoms with van der Waals surface area (Å²) in [6.45, 7) is 7.26. The van der Waals surface area contributed by atoms with E-state index >= 15 is 0 Å². The molecule has 2 aliphatic rings. The molecule has 2 rings (SSSR count). The van der Waals surface area contributed by atoms with Crippen molar-refractivity contribution >= 4 is 11.9 Å². The fourth-order valence-corrected chi connectivity index (χ4v) is 3.16. The van der Waals surface area contributed by atoms with Crippen LogP contribution in [0.4, 0.5) is 0 Å². The Morgan fingerprint density at radius 1 is 1.15 bits per heavy atom. The van der Waals surface area contributed by atoms with Crippen LogP contribution in [0.1, 0.15) is 46.0 Å². The number of carbonyl (C=O) groups is 2. The number of piperidine rings is 1. The third-order valence-corrected chi connectivity index (χ3v) is 4.97. The Hall–Kier alpha value is -1.10. The standard InChI is InChI=1S/C15H26N2O3/c1-12(16-7-3-4-8-16)11-13(18)17-9-5-15(2,6-10-17)14(19)20/h12H,3-11H2,1-2H3,(H,19,20)/t12-/m1/s1. The highest BCUT2D eigenvalue weighted by Crippen LogP contribution is 2.31. The maximum absolute atomic E-state index is 12.3. The van der Waals surface area contributed by atoms with Gasteiger partial charge in [0.1, 0.15) is 0 Å². The van der Waals surface area contributed by atoms with Gasteiger partial charge in [-0.3, -0.25) is 9.59 Å². The van der Waals surface area contributed by atoms with E-state index in [0.717, 1.165) is 13.1 Å². The van der Waals surface area contributed by atoms with E-state index in [4.69, 9.17) is 0 Å². The molecule has 0 bridgehead atoms. The summed E-state index contributed by atoms with van der Waals surface area (Å²) < 4.78 is 0. The van der Waals surface area contributed by atoms with Crippen LogP contribution in [-0.2, 0) is 9.59 Å². The van der Waals surface area contributed by atoms with Crippen LogP contribution in [0, 0.1) is 5.41 Å². The zero-order valence-corrected chi connectivity index (χ0v) is 12.6. The van der Waals surface area contributed by atoms with Gasteiger partial charge in [-0.25, -0.2) is 0 Å². The molecule has 0 aromatic carbocycles. The van der Waals surface area contributed by atoms with Crippen LogP contribution < -0.4 is 0 Å². The second kappa shape index (κ2) is 6.12. The zero-order valence-electron chi connectivity index (χ0n) is 12.6. The third kappa shape index (κ3) is 3.32. The number of likely N-dealkylation sites (tertiary alicyclic amines) is 2. The Morgan fingerprint density at radius 3 is 2.20 bits per heavy atom. The summed E-state index contributed by atoms with van der Waals surface area (Å²) in [6.07, 6.45) is 4.15. The average molecular weight is 282 g/mol. The average Bonchev–Trinajstić information content (AvgIpc) is 2.93. The topological polar surface area (TPSA) is 60.9 Å². The van der Waals surface area contributed by atoms with Crippen molar-refractivity contribution in [3.8, 4) is 0 Å². The summed E-state index contributed by atoms with van der Waals surface area (Å²) in [5, 5.41) is 9.20. The van der Waals surface area contributed by atoms with Gasteiger partial charge in [0.15, 0.2) is 0 Å². The summed E-state index contributed by atoms with van der Waals surface area (Å²) in [6, 6.07) is 0.304. The summed E-state index contributed by atoms with van der Waals surface area (Å²) in [4.78, 5) is 27.7. The molecule has 0 aliphatic carbocycles. The maximum Gasteiger partial charge on any atom is 0.309 e. The summed E-state index contributed by atoms with van der Waals surface area (Å²) in [7, 11) is 0. The minimum Gasteiger partial charge on any atom is -0.481 e. The number of carbonyl (C=O) groups excluding carboxylic acids is 1. The Morgan fingerprint density at radius 2 is 1.70 bits per heavy atom. The number of aliphatic carboxylic acids is 1. The van der Waals surface area contributed by atoms with Crippen molar-refractivity contribution in [3.63, 3.8) is 0 Å². The number of carboxylic acid groups (broad SMARTS) is 1. The molecular formula is C15H26N2O3. The lowest BCUT2D eigenvalue weighted by atomic mass is 9.80. The van der Waals surface area contributed by atoms with Crippen LogP contribution in [0.25, 0.3) is 0 Å². The first-order valence-electron chi connectivity index (χ1n) is 7.67. The lowest BCUT2D eigenvalue weighted by Gasteiger charge is -2.37. The van der Waals surface area contributed by atoms with Gasteiger partial charge in [-0.2, -0.15) is 0 Å². The molecule has 0 unspecified atom stereocenters. The normalized spacial score (nSPS) is 24.6. The first-order valence-corrected chi connectivity index (χ1v) is 7.67. The highest BCUT2D eigenvalue weighted by atomic mass is 16.4. The second-order valence-corrected chi connectivity index (χ2v) is 6.54. The minimum atomic E-state index is -0.741. The van der Waals surface area contributed by atoms with Crippen molar-refractivity contribution in [2.75, 3.05) is 26.2 Å². The second-order valence-electron chi connectivity index (χ2n) is 6.54. The molecule has 0 aromatic rings. The van der Waals surface area contributed by atoms with Crippen LogP contribution in [0.15, 0.2) is 0 Å². The van der Waals surface area contributed by atoms with Crippen LogP contribution in [0.3, 0.4) is 0 Å². The Kier molecular flexibility index (Phi) is 4.68. The van der Waals surface area contributed by atoms with Crippen LogP contribution in [0.5, 0.6) is 0 Å². The van der Waals surface area contributed by atoms with Gasteiger partial charge in [0, 0.05) is 25.6 Å². The van der Waals surface area contributed by atoms with Crippen molar-refractivity contribution in [1.29, 1.82) is 0 Å². The number of carboxylic acids is 1. The predicted octanol–water partition coefficient (Wildman–Crippen LogP) is 1.57. The van der Waals surface area contributed by atoms with E-state index in [0.29, 0.717) is 38.4 Å². The molecule has 1 atom stereocenters. The molecule has 114 valence electrons. The van der Waals surface area contributed by atoms with Gasteiger partial charge < -0.3 is 14.9 Å². The number of rotatable bonds is 4. The largest absolute Gasteiger partial charge is 0.481 e. The molecule has 20 heavy (non-hydrogen) atoms. The molecule has 2 aliphatic heterocycles. The molecule has 0 spiro atoms. The molecule has 1 amide bonds. The zero-order chi connectivity index (χ0) is 14.8. The van der Waals surface area contributed by atoms with Gasteiger partial charge in [-0.15, -0.1) is 0 Å². The predicted molar refractivity (Wildman–Crippen MR) is 76.4 cm³/mol. The van der Waals surface area contributed by atoms with Crippen molar-refractivity contribution in [1.82, 2.24) is 9.80 Å². The molecule has 2 heterocycles. The minimum absolute atomic E-state index is 0.178. The van der Waals surface area contributed by atoms with E-state index < -0.39 is 11.4 Å². The van der Waals surface area contributed by atoms with E-state index in [1.54, 1.807) is 6.92 Å². The highest BCUT2D eigenvalue weighted by Gasteiger charge is 2.38. The molecule has 0 radical (unpaired) electrons. The highest BCUT2D eigenvalue weighted by molar-refractivity contribution is 5.78. The first-order chi connectivity index (χ1) is 9.42. The maximum atomic E-state index is 12.3. The fraction of sp³-hybridized carbons (Fsp3) is 0.867. The number of nitrogens with zero attached hydrogens (tertiary/aromatic N) is 2. The van der Waals surface area contributed by atoms with Gasteiger partial charge in [-0.1, -0.05) is 0 Å². The van der Waals surface area contributed by atoms with Gasteiger partial charge in [0.05, 0.1) is 5.41 Å². The SMILES string of the molecule is C[C@H](CC(=O)N1CCC(C)(C(=O)O)CC1)N1CCCC1. The van der Waals surface area contributed by atoms with Gasteiger partial charge >= 0.3 is 5.97 Å².